The van der Waals surface area contributed by atoms with E-state index in [0.29, 0.717) is 11.4 Å². The van der Waals surface area contributed by atoms with Crippen LogP contribution in [0.25, 0.3) is 0 Å². The van der Waals surface area contributed by atoms with Gasteiger partial charge in [-0.05, 0) is 12.1 Å². The molecule has 0 unspecified atom stereocenters. The molecule has 60 valence electrons. The van der Waals surface area contributed by atoms with Crippen molar-refractivity contribution in [2.45, 2.75) is 13.8 Å². The lowest BCUT2D eigenvalue weighted by Crippen LogP contribution is -1.94. The van der Waals surface area contributed by atoms with E-state index < -0.39 is 0 Å². The molecule has 0 aromatic carbocycles. The van der Waals surface area contributed by atoms with Crippen LogP contribution in [0, 0.1) is 5.41 Å². The van der Waals surface area contributed by atoms with Gasteiger partial charge in [0, 0.05) is 12.4 Å². The molecule has 1 aromatic rings. The molecule has 0 aliphatic carbocycles. The number of hydrogen-bond donors (Lipinski definition) is 2. The summed E-state index contributed by atoms with van der Waals surface area (Å²) in [5.74, 6) is 0. The standard InChI is InChI=1S/C6H7N3.C2H6/c7-4-6-5(8)2-1-3-9-6;1-2/h1-4,7H,8H2;1-2H3. The Morgan fingerprint density at radius 1 is 1.55 bits per heavy atom. The number of nitrogen functional groups attached to an aromatic ring is 1. The summed E-state index contributed by atoms with van der Waals surface area (Å²) in [5, 5.41) is 6.82. The Morgan fingerprint density at radius 3 is 2.55 bits per heavy atom. The van der Waals surface area contributed by atoms with Gasteiger partial charge in [-0.15, -0.1) is 0 Å². The first-order valence-electron chi connectivity index (χ1n) is 3.55. The van der Waals surface area contributed by atoms with E-state index in [4.69, 9.17) is 11.1 Å². The first-order chi connectivity index (χ1) is 5.34. The fourth-order valence-electron chi connectivity index (χ4n) is 0.551. The maximum absolute atomic E-state index is 6.82. The predicted molar refractivity (Wildman–Crippen MR) is 47.9 cm³/mol. The van der Waals surface area contributed by atoms with Gasteiger partial charge in [0.25, 0.3) is 0 Å². The average molecular weight is 151 g/mol. The highest BCUT2D eigenvalue weighted by atomic mass is 14.7. The summed E-state index contributed by atoms with van der Waals surface area (Å²) in [7, 11) is 0. The van der Waals surface area contributed by atoms with E-state index in [1.54, 1.807) is 18.3 Å². The Balaban J connectivity index is 0.000000461. The van der Waals surface area contributed by atoms with Gasteiger partial charge < -0.3 is 11.1 Å². The molecule has 0 bridgehead atoms. The molecular formula is C8H13N3. The first-order valence-corrected chi connectivity index (χ1v) is 3.55. The van der Waals surface area contributed by atoms with Crippen molar-refractivity contribution in [2.75, 3.05) is 5.73 Å². The predicted octanol–water partition coefficient (Wildman–Crippen LogP) is 1.69. The Morgan fingerprint density at radius 2 is 2.18 bits per heavy atom. The topological polar surface area (TPSA) is 62.8 Å². The zero-order valence-corrected chi connectivity index (χ0v) is 6.83. The van der Waals surface area contributed by atoms with E-state index in [2.05, 4.69) is 4.98 Å². The van der Waals surface area contributed by atoms with Crippen LogP contribution in [0.4, 0.5) is 5.69 Å². The molecule has 0 amide bonds. The molecule has 0 saturated heterocycles. The highest BCUT2D eigenvalue weighted by Gasteiger charge is 1.90. The molecule has 0 fully saturated rings. The van der Waals surface area contributed by atoms with E-state index in [0.717, 1.165) is 6.21 Å². The summed E-state index contributed by atoms with van der Waals surface area (Å²) in [6, 6.07) is 3.45. The number of anilines is 1. The van der Waals surface area contributed by atoms with Gasteiger partial charge in [-0.1, -0.05) is 13.8 Å². The van der Waals surface area contributed by atoms with Gasteiger partial charge in [0.15, 0.2) is 0 Å². The summed E-state index contributed by atoms with van der Waals surface area (Å²) in [4.78, 5) is 3.83. The molecule has 3 N–H and O–H groups in total. The minimum Gasteiger partial charge on any atom is -0.397 e. The molecule has 0 atom stereocenters. The highest BCUT2D eigenvalue weighted by molar-refractivity contribution is 5.81. The van der Waals surface area contributed by atoms with E-state index in [9.17, 15) is 0 Å². The minimum absolute atomic E-state index is 0.525. The van der Waals surface area contributed by atoms with Gasteiger partial charge in [-0.3, -0.25) is 4.98 Å². The molecule has 3 nitrogen and oxygen atoms in total. The van der Waals surface area contributed by atoms with Crippen LogP contribution in [0.1, 0.15) is 19.5 Å². The fraction of sp³-hybridized carbons (Fsp3) is 0.250. The van der Waals surface area contributed by atoms with E-state index in [-0.39, 0.29) is 0 Å². The summed E-state index contributed by atoms with van der Waals surface area (Å²) in [6.07, 6.45) is 2.74. The van der Waals surface area contributed by atoms with Crippen LogP contribution in [0.3, 0.4) is 0 Å². The third kappa shape index (κ3) is 2.80. The monoisotopic (exact) mass is 151 g/mol. The van der Waals surface area contributed by atoms with Crippen LogP contribution < -0.4 is 5.73 Å². The quantitative estimate of drug-likeness (QED) is 0.600. The van der Waals surface area contributed by atoms with E-state index in [1.807, 2.05) is 13.8 Å². The van der Waals surface area contributed by atoms with Crippen LogP contribution in [-0.2, 0) is 0 Å². The van der Waals surface area contributed by atoms with E-state index in [1.165, 1.54) is 0 Å². The number of pyridine rings is 1. The second-order valence-electron chi connectivity index (χ2n) is 1.62. The minimum atomic E-state index is 0.525. The number of hydrogen-bond acceptors (Lipinski definition) is 3. The Bertz CT molecular complexity index is 220. The molecule has 0 spiro atoms. The third-order valence-electron chi connectivity index (χ3n) is 1.01. The van der Waals surface area contributed by atoms with Crippen molar-refractivity contribution in [3.8, 4) is 0 Å². The van der Waals surface area contributed by atoms with Crippen LogP contribution in [0.5, 0.6) is 0 Å². The maximum Gasteiger partial charge on any atom is 0.103 e. The Hall–Kier alpha value is -1.38. The number of aromatic nitrogens is 1. The van der Waals surface area contributed by atoms with Gasteiger partial charge in [-0.25, -0.2) is 0 Å². The highest BCUT2D eigenvalue weighted by Crippen LogP contribution is 2.01. The zero-order chi connectivity index (χ0) is 8.69. The molecule has 0 radical (unpaired) electrons. The van der Waals surface area contributed by atoms with Crippen molar-refractivity contribution in [2.24, 2.45) is 0 Å². The van der Waals surface area contributed by atoms with Crippen LogP contribution >= 0.6 is 0 Å². The lowest BCUT2D eigenvalue weighted by atomic mass is 10.3. The molecular weight excluding hydrogens is 138 g/mol. The molecule has 1 rings (SSSR count). The lowest BCUT2D eigenvalue weighted by Gasteiger charge is -1.93. The second kappa shape index (κ2) is 5.41. The molecule has 1 aromatic heterocycles. The maximum atomic E-state index is 6.82. The van der Waals surface area contributed by atoms with Crippen molar-refractivity contribution < 1.29 is 0 Å². The number of nitrogens with two attached hydrogens (primary N) is 1. The molecule has 0 aliphatic heterocycles. The van der Waals surface area contributed by atoms with Crippen LogP contribution in [-0.4, -0.2) is 11.2 Å². The summed E-state index contributed by atoms with van der Waals surface area (Å²) in [5.41, 5.74) is 6.49. The number of rotatable bonds is 1. The van der Waals surface area contributed by atoms with Gasteiger partial charge in [0.05, 0.1) is 5.69 Å². The Labute approximate surface area is 66.8 Å². The normalized spacial score (nSPS) is 7.82. The summed E-state index contributed by atoms with van der Waals surface area (Å²) < 4.78 is 0. The zero-order valence-electron chi connectivity index (χ0n) is 6.83. The third-order valence-corrected chi connectivity index (χ3v) is 1.01. The van der Waals surface area contributed by atoms with Gasteiger partial charge in [0.2, 0.25) is 0 Å². The van der Waals surface area contributed by atoms with Crippen molar-refractivity contribution >= 4 is 11.9 Å². The van der Waals surface area contributed by atoms with Crippen molar-refractivity contribution in [3.05, 3.63) is 24.0 Å². The number of nitrogens with one attached hydrogen (secondary N) is 1. The smallest absolute Gasteiger partial charge is 0.103 e. The molecule has 0 aliphatic rings. The van der Waals surface area contributed by atoms with E-state index >= 15 is 0 Å². The average Bonchev–Trinajstić information content (AvgIpc) is 2.09. The fourth-order valence-corrected chi connectivity index (χ4v) is 0.551. The molecule has 1 heterocycles. The molecule has 0 saturated carbocycles. The van der Waals surface area contributed by atoms with Crippen LogP contribution in [0.15, 0.2) is 18.3 Å². The van der Waals surface area contributed by atoms with Gasteiger partial charge in [-0.2, -0.15) is 0 Å². The lowest BCUT2D eigenvalue weighted by molar-refractivity contribution is 1.30. The van der Waals surface area contributed by atoms with Crippen molar-refractivity contribution in [1.82, 2.24) is 4.98 Å². The SMILES string of the molecule is CC.N=Cc1ncccc1N. The Kier molecular flexibility index (Phi) is 4.73. The summed E-state index contributed by atoms with van der Waals surface area (Å²) in [6.45, 7) is 4.00. The number of nitrogens with zero attached hydrogens (tertiary/aromatic N) is 1. The summed E-state index contributed by atoms with van der Waals surface area (Å²) >= 11 is 0. The van der Waals surface area contributed by atoms with Gasteiger partial charge in [0.1, 0.15) is 5.69 Å². The van der Waals surface area contributed by atoms with Crippen molar-refractivity contribution in [3.63, 3.8) is 0 Å². The largest absolute Gasteiger partial charge is 0.397 e. The molecule has 3 heteroatoms. The van der Waals surface area contributed by atoms with Crippen LogP contribution in [0.2, 0.25) is 0 Å². The van der Waals surface area contributed by atoms with Crippen molar-refractivity contribution in [1.29, 1.82) is 5.41 Å². The molecule has 11 heavy (non-hydrogen) atoms. The van der Waals surface area contributed by atoms with Gasteiger partial charge >= 0.3 is 0 Å². The second-order valence-corrected chi connectivity index (χ2v) is 1.62. The first kappa shape index (κ1) is 9.62.